The molecule has 12 heteroatoms. The number of hydrogen-bond acceptors (Lipinski definition) is 6. The van der Waals surface area contributed by atoms with E-state index in [0.717, 1.165) is 11.3 Å². The number of carbonyl (C=O) groups excluding carboxylic acids is 2. The lowest BCUT2D eigenvalue weighted by molar-refractivity contribution is -0.138. The van der Waals surface area contributed by atoms with E-state index in [9.17, 15) is 18.8 Å². The monoisotopic (exact) mass is 596 g/mol. The number of hydrogen-bond donors (Lipinski definition) is 5. The van der Waals surface area contributed by atoms with Crippen LogP contribution in [-0.2, 0) is 11.2 Å². The van der Waals surface area contributed by atoms with Gasteiger partial charge in [0, 0.05) is 16.7 Å². The Morgan fingerprint density at radius 1 is 1.41 bits per heavy atom. The number of carbonyl (C=O) groups is 3. The third-order valence-corrected chi connectivity index (χ3v) is 6.62. The number of aliphatic carboxylic acids is 1. The van der Waals surface area contributed by atoms with Gasteiger partial charge >= 0.3 is 5.97 Å². The topological polar surface area (TPSA) is 134 Å². The maximum Gasteiger partial charge on any atom is 0.322 e. The second kappa shape index (κ2) is 10.3. The summed E-state index contributed by atoms with van der Waals surface area (Å²) in [5.41, 5.74) is 6.08. The summed E-state index contributed by atoms with van der Waals surface area (Å²) in [6, 6.07) is 3.34. The van der Waals surface area contributed by atoms with Gasteiger partial charge in [-0.2, -0.15) is 0 Å². The number of anilines is 2. The van der Waals surface area contributed by atoms with Gasteiger partial charge in [-0.05, 0) is 58.2 Å². The maximum atomic E-state index is 14.4. The van der Waals surface area contributed by atoms with Crippen molar-refractivity contribution in [3.8, 4) is 0 Å². The van der Waals surface area contributed by atoms with Crippen LogP contribution in [0.1, 0.15) is 39.4 Å². The van der Waals surface area contributed by atoms with Crippen LogP contribution >= 0.6 is 46.3 Å². The van der Waals surface area contributed by atoms with Crippen molar-refractivity contribution in [2.24, 2.45) is 11.1 Å². The van der Waals surface area contributed by atoms with Crippen LogP contribution in [0.3, 0.4) is 0 Å². The number of halogens is 3. The highest BCUT2D eigenvalue weighted by Gasteiger charge is 2.34. The van der Waals surface area contributed by atoms with Crippen molar-refractivity contribution in [1.82, 2.24) is 10.6 Å². The highest BCUT2D eigenvalue weighted by Crippen LogP contribution is 2.40. The van der Waals surface area contributed by atoms with Crippen LogP contribution in [0.25, 0.3) is 0 Å². The third-order valence-electron chi connectivity index (χ3n) is 4.80. The third kappa shape index (κ3) is 5.88. The Balaban J connectivity index is 0.00000363. The minimum absolute atomic E-state index is 0. The number of nitrogens with two attached hydrogens (primary N) is 1. The molecular formula is C20H23ClFIN4O4S. The van der Waals surface area contributed by atoms with Crippen LogP contribution in [0.2, 0.25) is 0 Å². The molecule has 1 aromatic carbocycles. The molecule has 0 spiro atoms. The zero-order chi connectivity index (χ0) is 22.9. The number of thiophene rings is 1. The van der Waals surface area contributed by atoms with E-state index < -0.39 is 23.7 Å². The minimum Gasteiger partial charge on any atom is -0.480 e. The first kappa shape index (κ1) is 26.3. The van der Waals surface area contributed by atoms with Gasteiger partial charge in [0.2, 0.25) is 0 Å². The number of carboxylic acid groups (broad SMARTS) is 1. The predicted molar refractivity (Wildman–Crippen MR) is 132 cm³/mol. The van der Waals surface area contributed by atoms with Crippen molar-refractivity contribution in [3.05, 3.63) is 43.6 Å². The maximum absolute atomic E-state index is 14.4. The summed E-state index contributed by atoms with van der Waals surface area (Å²) in [5, 5.41) is 17.6. The average Bonchev–Trinajstić information content (AvgIpc) is 2.98. The van der Waals surface area contributed by atoms with E-state index in [-0.39, 0.29) is 41.5 Å². The number of carboxylic acids is 1. The molecule has 2 amide bonds. The molecule has 0 fully saturated rings. The highest BCUT2D eigenvalue weighted by atomic mass is 127. The van der Waals surface area contributed by atoms with E-state index in [1.807, 2.05) is 36.4 Å². The molecule has 6 N–H and O–H groups in total. The van der Waals surface area contributed by atoms with E-state index in [2.05, 4.69) is 16.0 Å². The van der Waals surface area contributed by atoms with E-state index in [0.29, 0.717) is 32.0 Å². The van der Waals surface area contributed by atoms with Gasteiger partial charge in [0.1, 0.15) is 16.9 Å². The molecule has 1 aliphatic heterocycles. The molecule has 0 saturated heterocycles. The zero-order valence-corrected chi connectivity index (χ0v) is 21.0. The fourth-order valence-electron chi connectivity index (χ4n) is 3.18. The Kier molecular flexibility index (Phi) is 8.48. The quantitative estimate of drug-likeness (QED) is 0.326. The zero-order valence-electron chi connectivity index (χ0n) is 17.3. The van der Waals surface area contributed by atoms with Gasteiger partial charge in [0.15, 0.2) is 0 Å². The second-order valence-electron chi connectivity index (χ2n) is 8.04. The molecule has 0 bridgehead atoms. The molecule has 2 heterocycles. The molecule has 174 valence electrons. The number of rotatable bonds is 6. The molecule has 0 saturated carbocycles. The average molecular weight is 597 g/mol. The minimum atomic E-state index is -1.27. The Bertz CT molecular complexity index is 1060. The summed E-state index contributed by atoms with van der Waals surface area (Å²) in [5.74, 6) is -2.63. The largest absolute Gasteiger partial charge is 0.480 e. The van der Waals surface area contributed by atoms with E-state index >= 15 is 0 Å². The summed E-state index contributed by atoms with van der Waals surface area (Å²) in [4.78, 5) is 37.1. The van der Waals surface area contributed by atoms with Crippen LogP contribution < -0.4 is 21.7 Å². The summed E-state index contributed by atoms with van der Waals surface area (Å²) < 4.78 is 15.1. The van der Waals surface area contributed by atoms with Crippen LogP contribution in [-0.4, -0.2) is 42.0 Å². The Morgan fingerprint density at radius 3 is 2.72 bits per heavy atom. The van der Waals surface area contributed by atoms with E-state index in [1.165, 1.54) is 6.07 Å². The molecule has 32 heavy (non-hydrogen) atoms. The summed E-state index contributed by atoms with van der Waals surface area (Å²) in [7, 11) is 0. The molecule has 0 radical (unpaired) electrons. The van der Waals surface area contributed by atoms with Crippen LogP contribution in [0.5, 0.6) is 0 Å². The van der Waals surface area contributed by atoms with Gasteiger partial charge in [0.25, 0.3) is 11.8 Å². The lowest BCUT2D eigenvalue weighted by Gasteiger charge is -2.22. The van der Waals surface area contributed by atoms with Crippen LogP contribution in [0, 0.1) is 14.8 Å². The van der Waals surface area contributed by atoms with Crippen molar-refractivity contribution in [2.45, 2.75) is 26.3 Å². The molecule has 2 aromatic rings. The van der Waals surface area contributed by atoms with Crippen molar-refractivity contribution in [1.29, 1.82) is 0 Å². The molecule has 0 aliphatic carbocycles. The Morgan fingerprint density at radius 2 is 2.09 bits per heavy atom. The molecule has 3 rings (SSSR count). The number of fused-ring (bicyclic) bond motifs is 1. The van der Waals surface area contributed by atoms with Crippen molar-refractivity contribution in [2.75, 3.05) is 18.4 Å². The lowest BCUT2D eigenvalue weighted by Crippen LogP contribution is -2.42. The molecule has 1 unspecified atom stereocenters. The first-order chi connectivity index (χ1) is 14.5. The first-order valence-corrected chi connectivity index (χ1v) is 11.3. The Hall–Kier alpha value is -1.96. The van der Waals surface area contributed by atoms with Gasteiger partial charge in [-0.1, -0.05) is 13.8 Å². The Labute approximate surface area is 208 Å². The van der Waals surface area contributed by atoms with Crippen molar-refractivity contribution < 1.29 is 23.9 Å². The number of nitrogens with one attached hydrogen (secondary N) is 3. The number of benzene rings is 1. The summed E-state index contributed by atoms with van der Waals surface area (Å²) >= 11 is 3.05. The molecule has 8 nitrogen and oxygen atoms in total. The van der Waals surface area contributed by atoms with Crippen molar-refractivity contribution >= 4 is 74.8 Å². The van der Waals surface area contributed by atoms with E-state index in [1.54, 1.807) is 12.1 Å². The van der Waals surface area contributed by atoms with Gasteiger partial charge in [-0.3, -0.25) is 14.4 Å². The second-order valence-corrected chi connectivity index (χ2v) is 10.3. The SMILES string of the molecule is CC1(C)CNC(=O)c2sc(Nc3ccc(I)cc3F)c(C(=O)NCC(N)C(=O)O)c2C1.Cl. The fourth-order valence-corrected chi connectivity index (χ4v) is 4.78. The lowest BCUT2D eigenvalue weighted by atomic mass is 9.85. The van der Waals surface area contributed by atoms with Gasteiger partial charge in [-0.25, -0.2) is 4.39 Å². The van der Waals surface area contributed by atoms with Gasteiger partial charge in [0.05, 0.1) is 16.1 Å². The molecule has 1 aliphatic rings. The van der Waals surface area contributed by atoms with Gasteiger partial charge < -0.3 is 26.8 Å². The number of amides is 2. The van der Waals surface area contributed by atoms with Crippen LogP contribution in [0.15, 0.2) is 18.2 Å². The molecular weight excluding hydrogens is 574 g/mol. The predicted octanol–water partition coefficient (Wildman–Crippen LogP) is 3.11. The van der Waals surface area contributed by atoms with Crippen LogP contribution in [0.4, 0.5) is 15.1 Å². The smallest absolute Gasteiger partial charge is 0.322 e. The fraction of sp³-hybridized carbons (Fsp3) is 0.350. The standard InChI is InChI=1S/C20H22FIN4O4S.ClH/c1-20(2)6-10-14(16(27)24-7-12(23)19(29)30)18(31-15(10)17(28)25-8-20)26-13-4-3-9(22)5-11(13)21;/h3-5,12,26H,6-8,23H2,1-2H3,(H,24,27)(H,25,28)(H,29,30);1H. The first-order valence-electron chi connectivity index (χ1n) is 9.41. The molecule has 1 atom stereocenters. The molecule has 1 aromatic heterocycles. The summed E-state index contributed by atoms with van der Waals surface area (Å²) in [6.07, 6.45) is 0.433. The normalized spacial score (nSPS) is 15.5. The van der Waals surface area contributed by atoms with E-state index in [4.69, 9.17) is 10.8 Å². The highest BCUT2D eigenvalue weighted by molar-refractivity contribution is 14.1. The van der Waals surface area contributed by atoms with Gasteiger partial charge in [-0.15, -0.1) is 23.7 Å². The summed E-state index contributed by atoms with van der Waals surface area (Å²) in [6.45, 7) is 4.08. The van der Waals surface area contributed by atoms with Crippen molar-refractivity contribution in [3.63, 3.8) is 0 Å².